The number of unbranched alkanes of at least 4 members (excludes halogenated alkanes) is 3. The highest BCUT2D eigenvalue weighted by molar-refractivity contribution is 6.00. The fraction of sp³-hybridized carbons (Fsp3) is 0.533. The fourth-order valence-electron chi connectivity index (χ4n) is 2.28. The molecule has 0 fully saturated rings. The lowest BCUT2D eigenvalue weighted by molar-refractivity contribution is 0.0994. The minimum atomic E-state index is 0.251. The summed E-state index contributed by atoms with van der Waals surface area (Å²) in [6, 6.07) is 5.76. The van der Waals surface area contributed by atoms with Gasteiger partial charge in [0.15, 0.2) is 5.78 Å². The van der Waals surface area contributed by atoms with E-state index in [9.17, 15) is 4.79 Å². The Morgan fingerprint density at radius 2 is 1.94 bits per heavy atom. The minimum Gasteiger partial charge on any atom is -0.494 e. The summed E-state index contributed by atoms with van der Waals surface area (Å²) >= 11 is 0. The van der Waals surface area contributed by atoms with E-state index in [4.69, 9.17) is 9.84 Å². The number of hydrogen-bond donors (Lipinski definition) is 1. The van der Waals surface area contributed by atoms with Gasteiger partial charge in [0.25, 0.3) is 0 Å². The number of ether oxygens (including phenoxy) is 1. The van der Waals surface area contributed by atoms with Crippen LogP contribution in [0.2, 0.25) is 0 Å². The van der Waals surface area contributed by atoms with Gasteiger partial charge < -0.3 is 9.84 Å². The number of rotatable bonds is 7. The second-order valence-corrected chi connectivity index (χ2v) is 4.73. The summed E-state index contributed by atoms with van der Waals surface area (Å²) in [5.74, 6) is 1.12. The lowest BCUT2D eigenvalue weighted by Gasteiger charge is -2.07. The highest BCUT2D eigenvalue weighted by atomic mass is 16.5. The Kier molecular flexibility index (Phi) is 4.76. The molecule has 0 atom stereocenters. The maximum atomic E-state index is 11.5. The van der Waals surface area contributed by atoms with E-state index in [2.05, 4.69) is 0 Å². The average molecular weight is 248 g/mol. The molecule has 3 nitrogen and oxygen atoms in total. The molecule has 0 aromatic heterocycles. The Labute approximate surface area is 108 Å². The number of hydrogen-bond acceptors (Lipinski definition) is 3. The molecule has 0 radical (unpaired) electrons. The molecule has 2 rings (SSSR count). The van der Waals surface area contributed by atoms with E-state index >= 15 is 0 Å². The SMILES string of the molecule is O=C1CCc2cc(OCCCCCCO)ccc21. The molecular formula is C15H20O3. The molecule has 0 spiro atoms. The van der Waals surface area contributed by atoms with Crippen LogP contribution in [0, 0.1) is 0 Å². The Hall–Kier alpha value is -1.35. The standard InChI is InChI=1S/C15H20O3/c16-9-3-1-2-4-10-18-13-6-7-14-12(11-13)5-8-15(14)17/h6-7,11,16H,1-5,8-10H2. The van der Waals surface area contributed by atoms with E-state index in [1.807, 2.05) is 18.2 Å². The van der Waals surface area contributed by atoms with Crippen LogP contribution in [0.25, 0.3) is 0 Å². The average Bonchev–Trinajstić information content (AvgIpc) is 2.75. The molecule has 98 valence electrons. The van der Waals surface area contributed by atoms with Crippen LogP contribution in [-0.4, -0.2) is 24.1 Å². The van der Waals surface area contributed by atoms with E-state index in [0.717, 1.165) is 49.0 Å². The molecule has 0 unspecified atom stereocenters. The van der Waals surface area contributed by atoms with Crippen molar-refractivity contribution in [2.24, 2.45) is 0 Å². The zero-order valence-electron chi connectivity index (χ0n) is 10.7. The minimum absolute atomic E-state index is 0.251. The third kappa shape index (κ3) is 3.33. The molecule has 0 heterocycles. The quantitative estimate of drug-likeness (QED) is 0.755. The molecule has 3 heteroatoms. The van der Waals surface area contributed by atoms with Crippen molar-refractivity contribution in [1.29, 1.82) is 0 Å². The maximum Gasteiger partial charge on any atom is 0.163 e. The van der Waals surface area contributed by atoms with Gasteiger partial charge in [-0.05, 0) is 49.4 Å². The second-order valence-electron chi connectivity index (χ2n) is 4.73. The van der Waals surface area contributed by atoms with Gasteiger partial charge in [0, 0.05) is 18.6 Å². The topological polar surface area (TPSA) is 46.5 Å². The van der Waals surface area contributed by atoms with Crippen LogP contribution in [0.4, 0.5) is 0 Å². The number of benzene rings is 1. The third-order valence-electron chi connectivity index (χ3n) is 3.32. The Morgan fingerprint density at radius 3 is 2.78 bits per heavy atom. The van der Waals surface area contributed by atoms with E-state index in [1.54, 1.807) is 0 Å². The van der Waals surface area contributed by atoms with E-state index < -0.39 is 0 Å². The van der Waals surface area contributed by atoms with Crippen molar-refractivity contribution < 1.29 is 14.6 Å². The summed E-state index contributed by atoms with van der Waals surface area (Å²) in [7, 11) is 0. The molecule has 1 N–H and O–H groups in total. The van der Waals surface area contributed by atoms with Crippen molar-refractivity contribution in [3.05, 3.63) is 29.3 Å². The van der Waals surface area contributed by atoms with Crippen molar-refractivity contribution in [2.75, 3.05) is 13.2 Å². The number of carbonyl (C=O) groups excluding carboxylic acids is 1. The molecule has 1 aliphatic rings. The van der Waals surface area contributed by atoms with Crippen LogP contribution in [0.1, 0.15) is 48.0 Å². The lowest BCUT2D eigenvalue weighted by Crippen LogP contribution is -1.99. The van der Waals surface area contributed by atoms with Crippen LogP contribution < -0.4 is 4.74 Å². The Balaban J connectivity index is 1.75. The van der Waals surface area contributed by atoms with E-state index in [-0.39, 0.29) is 12.4 Å². The van der Waals surface area contributed by atoms with Crippen molar-refractivity contribution in [3.63, 3.8) is 0 Å². The zero-order valence-corrected chi connectivity index (χ0v) is 10.7. The van der Waals surface area contributed by atoms with Gasteiger partial charge >= 0.3 is 0 Å². The summed E-state index contributed by atoms with van der Waals surface area (Å²) in [4.78, 5) is 11.5. The first-order valence-corrected chi connectivity index (χ1v) is 6.71. The Bertz CT molecular complexity index is 412. The van der Waals surface area contributed by atoms with Gasteiger partial charge in [0.1, 0.15) is 5.75 Å². The number of ketones is 1. The summed E-state index contributed by atoms with van der Waals surface area (Å²) in [6.45, 7) is 0.984. The summed E-state index contributed by atoms with van der Waals surface area (Å²) in [5.41, 5.74) is 1.99. The summed E-state index contributed by atoms with van der Waals surface area (Å²) < 4.78 is 5.67. The molecule has 0 saturated carbocycles. The van der Waals surface area contributed by atoms with Crippen LogP contribution in [-0.2, 0) is 6.42 Å². The number of aliphatic hydroxyl groups excluding tert-OH is 1. The predicted octanol–water partition coefficient (Wildman–Crippen LogP) is 2.75. The third-order valence-corrected chi connectivity index (χ3v) is 3.32. The number of carbonyl (C=O) groups is 1. The molecule has 1 aromatic rings. The van der Waals surface area contributed by atoms with Crippen molar-refractivity contribution in [2.45, 2.75) is 38.5 Å². The van der Waals surface area contributed by atoms with Gasteiger partial charge in [-0.2, -0.15) is 0 Å². The predicted molar refractivity (Wildman–Crippen MR) is 70.1 cm³/mol. The van der Waals surface area contributed by atoms with Gasteiger partial charge in [0.05, 0.1) is 6.61 Å². The van der Waals surface area contributed by atoms with Gasteiger partial charge in [-0.1, -0.05) is 6.42 Å². The zero-order chi connectivity index (χ0) is 12.8. The van der Waals surface area contributed by atoms with Crippen LogP contribution in [0.5, 0.6) is 5.75 Å². The molecule has 1 aliphatic carbocycles. The largest absolute Gasteiger partial charge is 0.494 e. The normalized spacial score (nSPS) is 13.7. The molecule has 0 amide bonds. The first kappa shape index (κ1) is 13.1. The number of aliphatic hydroxyl groups is 1. The molecular weight excluding hydrogens is 228 g/mol. The van der Waals surface area contributed by atoms with E-state index in [0.29, 0.717) is 13.0 Å². The first-order chi connectivity index (χ1) is 8.81. The monoisotopic (exact) mass is 248 g/mol. The molecule has 0 bridgehead atoms. The first-order valence-electron chi connectivity index (χ1n) is 6.71. The fourth-order valence-corrected chi connectivity index (χ4v) is 2.28. The summed E-state index contributed by atoms with van der Waals surface area (Å²) in [5, 5.41) is 8.65. The molecule has 1 aromatic carbocycles. The van der Waals surface area contributed by atoms with Crippen LogP contribution >= 0.6 is 0 Å². The van der Waals surface area contributed by atoms with Gasteiger partial charge in [-0.15, -0.1) is 0 Å². The van der Waals surface area contributed by atoms with Gasteiger partial charge in [-0.25, -0.2) is 0 Å². The number of fused-ring (bicyclic) bond motifs is 1. The number of aryl methyl sites for hydroxylation is 1. The second kappa shape index (κ2) is 6.55. The highest BCUT2D eigenvalue weighted by Gasteiger charge is 2.19. The van der Waals surface area contributed by atoms with Crippen LogP contribution in [0.3, 0.4) is 0 Å². The van der Waals surface area contributed by atoms with Crippen molar-refractivity contribution in [3.8, 4) is 5.75 Å². The number of Topliss-reactive ketones (excluding diaryl/α,β-unsaturated/α-hetero) is 1. The van der Waals surface area contributed by atoms with Crippen molar-refractivity contribution >= 4 is 5.78 Å². The van der Waals surface area contributed by atoms with Crippen molar-refractivity contribution in [1.82, 2.24) is 0 Å². The highest BCUT2D eigenvalue weighted by Crippen LogP contribution is 2.26. The smallest absolute Gasteiger partial charge is 0.163 e. The van der Waals surface area contributed by atoms with E-state index in [1.165, 1.54) is 0 Å². The molecule has 0 saturated heterocycles. The maximum absolute atomic E-state index is 11.5. The van der Waals surface area contributed by atoms with Crippen LogP contribution in [0.15, 0.2) is 18.2 Å². The summed E-state index contributed by atoms with van der Waals surface area (Å²) in [6.07, 6.45) is 5.52. The molecule has 18 heavy (non-hydrogen) atoms. The Morgan fingerprint density at radius 1 is 1.11 bits per heavy atom. The lowest BCUT2D eigenvalue weighted by atomic mass is 10.1. The van der Waals surface area contributed by atoms with Gasteiger partial charge in [-0.3, -0.25) is 4.79 Å². The van der Waals surface area contributed by atoms with Gasteiger partial charge in [0.2, 0.25) is 0 Å². The molecule has 0 aliphatic heterocycles.